The third kappa shape index (κ3) is 4.14. The second kappa shape index (κ2) is 6.05. The molecule has 3 heteroatoms. The van der Waals surface area contributed by atoms with Gasteiger partial charge in [-0.1, -0.05) is 42.0 Å². The Balaban J connectivity index is 1.86. The van der Waals surface area contributed by atoms with Crippen molar-refractivity contribution in [3.05, 3.63) is 65.2 Å². The highest BCUT2D eigenvalue weighted by molar-refractivity contribution is 5.78. The molecule has 1 amide bonds. The number of carbonyl (C=O) groups excluding carboxylic acids is 1. The van der Waals surface area contributed by atoms with Crippen molar-refractivity contribution in [3.8, 4) is 0 Å². The van der Waals surface area contributed by atoms with Gasteiger partial charge in [-0.3, -0.25) is 4.79 Å². The van der Waals surface area contributed by atoms with Crippen molar-refractivity contribution >= 4 is 11.6 Å². The van der Waals surface area contributed by atoms with Gasteiger partial charge >= 0.3 is 0 Å². The summed E-state index contributed by atoms with van der Waals surface area (Å²) in [6.45, 7) is 2.60. The third-order valence-corrected chi connectivity index (χ3v) is 2.93. The quantitative estimate of drug-likeness (QED) is 0.823. The Morgan fingerprint density at radius 3 is 2.53 bits per heavy atom. The van der Waals surface area contributed by atoms with E-state index < -0.39 is 0 Å². The van der Waals surface area contributed by atoms with Crippen LogP contribution in [-0.4, -0.2) is 5.91 Å². The Labute approximate surface area is 113 Å². The summed E-state index contributed by atoms with van der Waals surface area (Å²) >= 11 is 0. The molecule has 0 aromatic heterocycles. The first kappa shape index (κ1) is 13.1. The number of nitrogens with one attached hydrogen (secondary N) is 1. The number of carbonyl (C=O) groups is 1. The first-order valence-electron chi connectivity index (χ1n) is 6.30. The molecule has 2 aromatic rings. The molecule has 3 nitrogen and oxygen atoms in total. The number of benzene rings is 2. The van der Waals surface area contributed by atoms with Gasteiger partial charge in [0.2, 0.25) is 5.91 Å². The lowest BCUT2D eigenvalue weighted by molar-refractivity contribution is -0.120. The lowest BCUT2D eigenvalue weighted by Gasteiger charge is -2.06. The molecule has 2 aromatic carbocycles. The predicted octanol–water partition coefficient (Wildman–Crippen LogP) is 2.44. The zero-order chi connectivity index (χ0) is 13.7. The minimum absolute atomic E-state index is 0.00572. The van der Waals surface area contributed by atoms with Crippen molar-refractivity contribution in [2.45, 2.75) is 19.9 Å². The lowest BCUT2D eigenvalue weighted by atomic mass is 10.1. The van der Waals surface area contributed by atoms with Gasteiger partial charge in [0.15, 0.2) is 0 Å². The fourth-order valence-corrected chi connectivity index (χ4v) is 1.86. The zero-order valence-electron chi connectivity index (χ0n) is 11.0. The van der Waals surface area contributed by atoms with Crippen LogP contribution < -0.4 is 11.1 Å². The molecule has 0 saturated carbocycles. The van der Waals surface area contributed by atoms with Crippen molar-refractivity contribution < 1.29 is 4.79 Å². The maximum absolute atomic E-state index is 11.8. The molecule has 0 radical (unpaired) electrons. The average Bonchev–Trinajstić information content (AvgIpc) is 2.38. The first-order chi connectivity index (χ1) is 9.13. The second-order valence-corrected chi connectivity index (χ2v) is 4.68. The van der Waals surface area contributed by atoms with Crippen molar-refractivity contribution in [2.24, 2.45) is 0 Å². The number of hydrogen-bond donors (Lipinski definition) is 2. The van der Waals surface area contributed by atoms with Gasteiger partial charge < -0.3 is 11.1 Å². The van der Waals surface area contributed by atoms with Crippen LogP contribution in [0.2, 0.25) is 0 Å². The molecular weight excluding hydrogens is 236 g/mol. The van der Waals surface area contributed by atoms with Crippen LogP contribution >= 0.6 is 0 Å². The van der Waals surface area contributed by atoms with Gasteiger partial charge in [0.1, 0.15) is 0 Å². The normalized spacial score (nSPS) is 10.2. The fraction of sp³-hybridized carbons (Fsp3) is 0.188. The number of nitrogens with two attached hydrogens (primary N) is 1. The third-order valence-electron chi connectivity index (χ3n) is 2.93. The topological polar surface area (TPSA) is 55.1 Å². The Hall–Kier alpha value is -2.29. The molecule has 0 heterocycles. The summed E-state index contributed by atoms with van der Waals surface area (Å²) in [6.07, 6.45) is 0.358. The molecule has 19 heavy (non-hydrogen) atoms. The summed E-state index contributed by atoms with van der Waals surface area (Å²) in [5.74, 6) is 0.00572. The summed E-state index contributed by atoms with van der Waals surface area (Å²) < 4.78 is 0. The molecule has 0 bridgehead atoms. The van der Waals surface area contributed by atoms with Gasteiger partial charge in [-0.15, -0.1) is 0 Å². The molecule has 0 aliphatic carbocycles. The van der Waals surface area contributed by atoms with Crippen LogP contribution in [0, 0.1) is 6.92 Å². The van der Waals surface area contributed by atoms with E-state index in [-0.39, 0.29) is 5.91 Å². The molecule has 3 N–H and O–H groups in total. The van der Waals surface area contributed by atoms with Crippen molar-refractivity contribution in [3.63, 3.8) is 0 Å². The summed E-state index contributed by atoms with van der Waals surface area (Å²) in [6, 6.07) is 15.5. The molecule has 0 unspecified atom stereocenters. The number of rotatable bonds is 4. The lowest BCUT2D eigenvalue weighted by Crippen LogP contribution is -2.24. The van der Waals surface area contributed by atoms with Crippen molar-refractivity contribution in [1.82, 2.24) is 5.32 Å². The van der Waals surface area contributed by atoms with E-state index in [9.17, 15) is 4.79 Å². The Morgan fingerprint density at radius 1 is 1.11 bits per heavy atom. The maximum atomic E-state index is 11.8. The van der Waals surface area contributed by atoms with Crippen molar-refractivity contribution in [1.29, 1.82) is 0 Å². The maximum Gasteiger partial charge on any atom is 0.224 e. The van der Waals surface area contributed by atoms with Crippen molar-refractivity contribution in [2.75, 3.05) is 5.73 Å². The van der Waals surface area contributed by atoms with Crippen LogP contribution in [0.1, 0.15) is 16.7 Å². The summed E-state index contributed by atoms with van der Waals surface area (Å²) in [7, 11) is 0. The van der Waals surface area contributed by atoms with E-state index in [0.717, 1.165) is 11.1 Å². The Kier molecular flexibility index (Phi) is 4.18. The Bertz CT molecular complexity index is 561. The van der Waals surface area contributed by atoms with Crippen LogP contribution in [0.3, 0.4) is 0 Å². The highest BCUT2D eigenvalue weighted by Gasteiger charge is 2.03. The van der Waals surface area contributed by atoms with Gasteiger partial charge in [0, 0.05) is 12.2 Å². The highest BCUT2D eigenvalue weighted by Crippen LogP contribution is 2.07. The first-order valence-corrected chi connectivity index (χ1v) is 6.30. The van der Waals surface area contributed by atoms with E-state index in [1.165, 1.54) is 5.56 Å². The average molecular weight is 254 g/mol. The predicted molar refractivity (Wildman–Crippen MR) is 77.6 cm³/mol. The van der Waals surface area contributed by atoms with E-state index in [0.29, 0.717) is 18.7 Å². The Morgan fingerprint density at radius 2 is 1.84 bits per heavy atom. The van der Waals surface area contributed by atoms with E-state index in [2.05, 4.69) is 5.32 Å². The molecule has 0 spiro atoms. The van der Waals surface area contributed by atoms with Crippen LogP contribution in [0.15, 0.2) is 48.5 Å². The van der Waals surface area contributed by atoms with E-state index >= 15 is 0 Å². The number of amides is 1. The van der Waals surface area contributed by atoms with Crippen LogP contribution in [0.5, 0.6) is 0 Å². The molecular formula is C16H18N2O. The molecule has 0 fully saturated rings. The molecule has 2 rings (SSSR count). The monoisotopic (exact) mass is 254 g/mol. The van der Waals surface area contributed by atoms with E-state index in [4.69, 9.17) is 5.73 Å². The summed E-state index contributed by atoms with van der Waals surface area (Å²) in [4.78, 5) is 11.8. The van der Waals surface area contributed by atoms with Gasteiger partial charge in [-0.25, -0.2) is 0 Å². The smallest absolute Gasteiger partial charge is 0.224 e. The molecule has 0 aliphatic rings. The molecule has 0 atom stereocenters. The second-order valence-electron chi connectivity index (χ2n) is 4.68. The van der Waals surface area contributed by atoms with E-state index in [1.54, 1.807) is 0 Å². The molecule has 0 saturated heterocycles. The zero-order valence-corrected chi connectivity index (χ0v) is 11.0. The standard InChI is InChI=1S/C16H18N2O/c1-12-5-7-13(8-6-12)11-18-16(19)10-14-3-2-4-15(17)9-14/h2-9H,10-11,17H2,1H3,(H,18,19). The van der Waals surface area contributed by atoms with Gasteiger partial charge in [0.25, 0.3) is 0 Å². The number of hydrogen-bond acceptors (Lipinski definition) is 2. The largest absolute Gasteiger partial charge is 0.399 e. The van der Waals surface area contributed by atoms with Gasteiger partial charge in [0.05, 0.1) is 6.42 Å². The molecule has 98 valence electrons. The number of aryl methyl sites for hydroxylation is 1. The van der Waals surface area contributed by atoms with Crippen LogP contribution in [-0.2, 0) is 17.8 Å². The summed E-state index contributed by atoms with van der Waals surface area (Å²) in [5, 5.41) is 2.91. The van der Waals surface area contributed by atoms with Gasteiger partial charge in [-0.2, -0.15) is 0 Å². The minimum Gasteiger partial charge on any atom is -0.399 e. The number of anilines is 1. The number of nitrogen functional groups attached to an aromatic ring is 1. The molecule has 0 aliphatic heterocycles. The minimum atomic E-state index is 0.00572. The highest BCUT2D eigenvalue weighted by atomic mass is 16.1. The summed E-state index contributed by atoms with van der Waals surface area (Å²) in [5.41, 5.74) is 9.62. The van der Waals surface area contributed by atoms with Crippen LogP contribution in [0.25, 0.3) is 0 Å². The van der Waals surface area contributed by atoms with Gasteiger partial charge in [-0.05, 0) is 30.2 Å². The van der Waals surface area contributed by atoms with E-state index in [1.807, 2.05) is 55.5 Å². The van der Waals surface area contributed by atoms with Crippen LogP contribution in [0.4, 0.5) is 5.69 Å². The fourth-order valence-electron chi connectivity index (χ4n) is 1.86. The SMILES string of the molecule is Cc1ccc(CNC(=O)Cc2cccc(N)c2)cc1.